The van der Waals surface area contributed by atoms with Crippen molar-refractivity contribution in [1.82, 2.24) is 4.98 Å². The lowest BCUT2D eigenvalue weighted by Gasteiger charge is -2.01. The number of aromatic nitrogens is 1. The lowest BCUT2D eigenvalue weighted by molar-refractivity contribution is -0.118. The van der Waals surface area contributed by atoms with Crippen LogP contribution in [0.25, 0.3) is 0 Å². The number of rotatable bonds is 8. The Morgan fingerprint density at radius 1 is 1.15 bits per heavy atom. The van der Waals surface area contributed by atoms with Gasteiger partial charge in [0.05, 0.1) is 6.42 Å². The number of hydrogen-bond acceptors (Lipinski definition) is 3. The zero-order chi connectivity index (χ0) is 14.2. The normalized spacial score (nSPS) is 10.7. The number of carbonyl (C=O) groups excluding carboxylic acids is 1. The third kappa shape index (κ3) is 5.29. The molecule has 0 aliphatic rings. The summed E-state index contributed by atoms with van der Waals surface area (Å²) in [5, 5.41) is 0. The highest BCUT2D eigenvalue weighted by Gasteiger charge is 2.08. The molecule has 1 aromatic heterocycles. The first kappa shape index (κ1) is 15.0. The zero-order valence-corrected chi connectivity index (χ0v) is 12.9. The van der Waals surface area contributed by atoms with Gasteiger partial charge in [-0.05, 0) is 40.8 Å². The number of aryl methyl sites for hydroxylation is 1. The molecule has 2 rings (SSSR count). The molecule has 0 aliphatic heterocycles. The largest absolute Gasteiger partial charge is 0.447 e. The smallest absolute Gasteiger partial charge is 0.202 e. The third-order valence-corrected chi connectivity index (χ3v) is 3.50. The molecule has 4 heteroatoms. The number of halogens is 1. The van der Waals surface area contributed by atoms with Crippen LogP contribution in [0.4, 0.5) is 0 Å². The van der Waals surface area contributed by atoms with E-state index in [0.717, 1.165) is 25.7 Å². The van der Waals surface area contributed by atoms with Gasteiger partial charge in [0.1, 0.15) is 16.6 Å². The Hall–Kier alpha value is -1.42. The molecule has 0 saturated heterocycles. The van der Waals surface area contributed by atoms with Crippen LogP contribution in [-0.4, -0.2) is 10.8 Å². The number of oxazole rings is 1. The Bertz CT molecular complexity index is 536. The highest BCUT2D eigenvalue weighted by Crippen LogP contribution is 2.12. The second kappa shape index (κ2) is 8.00. The average Bonchev–Trinajstić information content (AvgIpc) is 2.85. The fraction of sp³-hybridized carbons (Fsp3) is 0.375. The number of unbranched alkanes of at least 4 members (excludes halogenated alkanes) is 2. The first-order valence-corrected chi connectivity index (χ1v) is 7.69. The van der Waals surface area contributed by atoms with Crippen molar-refractivity contribution in [3.63, 3.8) is 0 Å². The predicted octanol–water partition coefficient (Wildman–Crippen LogP) is 4.35. The average molecular weight is 336 g/mol. The monoisotopic (exact) mass is 335 g/mol. The molecule has 1 aromatic carbocycles. The minimum atomic E-state index is 0.194. The van der Waals surface area contributed by atoms with E-state index in [-0.39, 0.29) is 5.78 Å². The molecule has 3 nitrogen and oxygen atoms in total. The summed E-state index contributed by atoms with van der Waals surface area (Å²) in [5.41, 5.74) is 1.36. The number of carbonyl (C=O) groups is 1. The number of nitrogens with zero attached hydrogens (tertiary/aromatic N) is 1. The highest BCUT2D eigenvalue weighted by molar-refractivity contribution is 9.10. The van der Waals surface area contributed by atoms with Gasteiger partial charge in [0, 0.05) is 6.42 Å². The van der Waals surface area contributed by atoms with Crippen LogP contribution in [-0.2, 0) is 17.6 Å². The van der Waals surface area contributed by atoms with Gasteiger partial charge in [-0.1, -0.05) is 36.8 Å². The van der Waals surface area contributed by atoms with E-state index in [1.165, 1.54) is 11.8 Å². The molecular weight excluding hydrogens is 318 g/mol. The van der Waals surface area contributed by atoms with E-state index in [0.29, 0.717) is 23.3 Å². The van der Waals surface area contributed by atoms with Gasteiger partial charge in [-0.2, -0.15) is 0 Å². The summed E-state index contributed by atoms with van der Waals surface area (Å²) in [5.74, 6) is 0.685. The second-order valence-corrected chi connectivity index (χ2v) is 5.64. The number of Topliss-reactive ketones (excluding diaryl/α,β-unsaturated/α-hetero) is 1. The second-order valence-electron chi connectivity index (χ2n) is 4.83. The molecule has 0 radical (unpaired) electrons. The maximum Gasteiger partial charge on any atom is 0.202 e. The Balaban J connectivity index is 1.58. The van der Waals surface area contributed by atoms with Gasteiger partial charge < -0.3 is 4.42 Å². The van der Waals surface area contributed by atoms with E-state index < -0.39 is 0 Å². The molecule has 20 heavy (non-hydrogen) atoms. The summed E-state index contributed by atoms with van der Waals surface area (Å²) in [6.07, 6.45) is 6.63. The summed E-state index contributed by atoms with van der Waals surface area (Å²) < 4.78 is 5.78. The van der Waals surface area contributed by atoms with Crippen molar-refractivity contribution in [1.29, 1.82) is 0 Å². The van der Waals surface area contributed by atoms with Crippen molar-refractivity contribution in [2.75, 3.05) is 0 Å². The predicted molar refractivity (Wildman–Crippen MR) is 81.5 cm³/mol. The summed E-state index contributed by atoms with van der Waals surface area (Å²) in [6, 6.07) is 10.4. The summed E-state index contributed by atoms with van der Waals surface area (Å²) >= 11 is 3.20. The quantitative estimate of drug-likeness (QED) is 0.673. The van der Waals surface area contributed by atoms with Gasteiger partial charge >= 0.3 is 0 Å². The lowest BCUT2D eigenvalue weighted by atomic mass is 10.0. The Morgan fingerprint density at radius 2 is 1.95 bits per heavy atom. The van der Waals surface area contributed by atoms with Crippen molar-refractivity contribution in [3.05, 3.63) is 52.7 Å². The van der Waals surface area contributed by atoms with Crippen LogP contribution in [0.5, 0.6) is 0 Å². The molecule has 0 bridgehead atoms. The molecule has 0 N–H and O–H groups in total. The van der Waals surface area contributed by atoms with E-state index in [9.17, 15) is 4.79 Å². The lowest BCUT2D eigenvalue weighted by Crippen LogP contribution is -2.02. The summed E-state index contributed by atoms with van der Waals surface area (Å²) in [7, 11) is 0. The number of ketones is 1. The van der Waals surface area contributed by atoms with Crippen molar-refractivity contribution in [3.8, 4) is 0 Å². The molecule has 0 fully saturated rings. The van der Waals surface area contributed by atoms with E-state index in [1.807, 2.05) is 6.07 Å². The Labute approximate surface area is 127 Å². The first-order chi connectivity index (χ1) is 9.74. The van der Waals surface area contributed by atoms with E-state index in [2.05, 4.69) is 45.2 Å². The van der Waals surface area contributed by atoms with E-state index in [4.69, 9.17) is 4.42 Å². The number of hydrogen-bond donors (Lipinski definition) is 0. The van der Waals surface area contributed by atoms with Gasteiger partial charge in [0.25, 0.3) is 0 Å². The molecule has 1 heterocycles. The molecule has 0 atom stereocenters. The van der Waals surface area contributed by atoms with Crippen molar-refractivity contribution in [2.24, 2.45) is 0 Å². The molecule has 2 aromatic rings. The molecular formula is C16H18BrNO2. The molecule has 106 valence electrons. The standard InChI is InChI=1S/C16H18BrNO2/c17-15-12-20-16(18-15)11-14(19)10-6-2-5-9-13-7-3-1-4-8-13/h1,3-4,7-8,12H,2,5-6,9-11H2. The van der Waals surface area contributed by atoms with Crippen LogP contribution >= 0.6 is 15.9 Å². The van der Waals surface area contributed by atoms with Crippen LogP contribution in [0.3, 0.4) is 0 Å². The van der Waals surface area contributed by atoms with Crippen molar-refractivity contribution < 1.29 is 9.21 Å². The van der Waals surface area contributed by atoms with Gasteiger partial charge in [0.15, 0.2) is 0 Å². The minimum absolute atomic E-state index is 0.194. The van der Waals surface area contributed by atoms with Crippen LogP contribution in [0, 0.1) is 0 Å². The summed E-state index contributed by atoms with van der Waals surface area (Å²) in [6.45, 7) is 0. The SMILES string of the molecule is O=C(CCCCCc1ccccc1)Cc1nc(Br)co1. The van der Waals surface area contributed by atoms with Gasteiger partial charge in [-0.15, -0.1) is 0 Å². The van der Waals surface area contributed by atoms with E-state index >= 15 is 0 Å². The molecule has 0 saturated carbocycles. The highest BCUT2D eigenvalue weighted by atomic mass is 79.9. The summed E-state index contributed by atoms with van der Waals surface area (Å²) in [4.78, 5) is 15.8. The van der Waals surface area contributed by atoms with Crippen LogP contribution in [0.2, 0.25) is 0 Å². The van der Waals surface area contributed by atoms with Crippen LogP contribution < -0.4 is 0 Å². The van der Waals surface area contributed by atoms with Gasteiger partial charge in [-0.3, -0.25) is 4.79 Å². The van der Waals surface area contributed by atoms with Gasteiger partial charge in [-0.25, -0.2) is 4.98 Å². The van der Waals surface area contributed by atoms with Crippen molar-refractivity contribution in [2.45, 2.75) is 38.5 Å². The third-order valence-electron chi connectivity index (χ3n) is 3.14. The minimum Gasteiger partial charge on any atom is -0.447 e. The van der Waals surface area contributed by atoms with Crippen molar-refractivity contribution >= 4 is 21.7 Å². The maximum absolute atomic E-state index is 11.7. The fourth-order valence-corrected chi connectivity index (χ4v) is 2.39. The van der Waals surface area contributed by atoms with E-state index in [1.54, 1.807) is 0 Å². The van der Waals surface area contributed by atoms with Crippen LogP contribution in [0.1, 0.15) is 37.1 Å². The van der Waals surface area contributed by atoms with Gasteiger partial charge in [0.2, 0.25) is 5.89 Å². The Morgan fingerprint density at radius 3 is 2.65 bits per heavy atom. The first-order valence-electron chi connectivity index (χ1n) is 6.89. The molecule has 0 amide bonds. The Kier molecular flexibility index (Phi) is 5.99. The topological polar surface area (TPSA) is 43.1 Å². The maximum atomic E-state index is 11.7. The number of benzene rings is 1. The molecule has 0 unspecified atom stereocenters. The molecule has 0 spiro atoms. The van der Waals surface area contributed by atoms with Crippen LogP contribution in [0.15, 0.2) is 45.6 Å². The zero-order valence-electron chi connectivity index (χ0n) is 11.3. The fourth-order valence-electron chi connectivity index (χ4n) is 2.10. The molecule has 0 aliphatic carbocycles.